The van der Waals surface area contributed by atoms with E-state index in [0.717, 1.165) is 5.52 Å². The fraction of sp³-hybridized carbons (Fsp3) is 0.0833. The first-order chi connectivity index (χ1) is 14.6. The summed E-state index contributed by atoms with van der Waals surface area (Å²) in [7, 11) is 0. The minimum atomic E-state index is -1.09. The molecule has 0 radical (unpaired) electrons. The first kappa shape index (κ1) is 19.6. The van der Waals surface area contributed by atoms with Crippen molar-refractivity contribution in [1.29, 1.82) is 0 Å². The van der Waals surface area contributed by atoms with Gasteiger partial charge in [0.2, 0.25) is 5.78 Å². The van der Waals surface area contributed by atoms with Gasteiger partial charge in [-0.1, -0.05) is 60.7 Å². The highest BCUT2D eigenvalue weighted by molar-refractivity contribution is 6.33. The van der Waals surface area contributed by atoms with E-state index >= 15 is 0 Å². The third-order valence-corrected chi connectivity index (χ3v) is 4.84. The smallest absolute Gasteiger partial charge is 0.200 e. The van der Waals surface area contributed by atoms with Gasteiger partial charge in [-0.2, -0.15) is 0 Å². The summed E-state index contributed by atoms with van der Waals surface area (Å²) >= 11 is 0. The van der Waals surface area contributed by atoms with Crippen molar-refractivity contribution >= 4 is 28.1 Å². The van der Waals surface area contributed by atoms with Crippen molar-refractivity contribution in [3.05, 3.63) is 101 Å². The Morgan fingerprint density at radius 1 is 0.933 bits per heavy atom. The molecule has 30 heavy (non-hydrogen) atoms. The molecule has 4 N–H and O–H groups in total. The number of H-pyrrole nitrogens is 1. The maximum absolute atomic E-state index is 13.3. The van der Waals surface area contributed by atoms with Crippen molar-refractivity contribution < 1.29 is 20.1 Å². The van der Waals surface area contributed by atoms with Crippen LogP contribution in [0.4, 0.5) is 0 Å². The summed E-state index contributed by atoms with van der Waals surface area (Å²) in [5.41, 5.74) is 2.60. The van der Waals surface area contributed by atoms with Crippen molar-refractivity contribution in [2.24, 2.45) is 0 Å². The van der Waals surface area contributed by atoms with Crippen molar-refractivity contribution in [2.75, 3.05) is 6.61 Å². The quantitative estimate of drug-likeness (QED) is 0.223. The molecule has 0 saturated carbocycles. The number of aromatic nitrogens is 2. The second-order valence-electron chi connectivity index (χ2n) is 6.85. The molecule has 6 heteroatoms. The van der Waals surface area contributed by atoms with Crippen molar-refractivity contribution in [3.8, 4) is 0 Å². The van der Waals surface area contributed by atoms with Crippen LogP contribution < -0.4 is 0 Å². The highest BCUT2D eigenvalue weighted by Crippen LogP contribution is 2.29. The molecule has 1 unspecified atom stereocenters. The number of hydrogen-bond donors (Lipinski definition) is 4. The number of nitrogens with zero attached hydrogens (tertiary/aromatic N) is 1. The van der Waals surface area contributed by atoms with Crippen LogP contribution in [0.15, 0.2) is 78.9 Å². The topological polar surface area (TPSA) is 106 Å². The second kappa shape index (κ2) is 8.32. The number of Topliss-reactive ketones (excluding diaryl/α,β-unsaturated/α-hetero) is 1. The highest BCUT2D eigenvalue weighted by atomic mass is 16.3. The van der Waals surface area contributed by atoms with E-state index in [4.69, 9.17) is 0 Å². The normalized spacial score (nSPS) is 13.1. The number of ketones is 1. The van der Waals surface area contributed by atoms with Gasteiger partial charge >= 0.3 is 0 Å². The Bertz CT molecular complexity index is 1200. The third kappa shape index (κ3) is 3.74. The molecule has 1 atom stereocenters. The van der Waals surface area contributed by atoms with Crippen molar-refractivity contribution in [3.63, 3.8) is 0 Å². The lowest BCUT2D eigenvalue weighted by Gasteiger charge is -2.12. The zero-order valence-electron chi connectivity index (χ0n) is 16.0. The molecule has 0 aliphatic rings. The fourth-order valence-corrected chi connectivity index (χ4v) is 3.28. The maximum Gasteiger partial charge on any atom is 0.200 e. The molecular formula is C24H20N2O4. The Balaban J connectivity index is 1.91. The van der Waals surface area contributed by atoms with Crippen molar-refractivity contribution in [2.45, 2.75) is 6.10 Å². The largest absolute Gasteiger partial charge is 0.506 e. The van der Waals surface area contributed by atoms with E-state index < -0.39 is 12.7 Å². The molecule has 1 aromatic heterocycles. The lowest BCUT2D eigenvalue weighted by atomic mass is 9.97. The first-order valence-electron chi connectivity index (χ1n) is 9.46. The number of allylic oxidation sites excluding steroid dienone is 1. The molecule has 3 aromatic carbocycles. The number of nitrogens with one attached hydrogen (secondary N) is 1. The van der Waals surface area contributed by atoms with Crippen LogP contribution in [0, 0.1) is 0 Å². The maximum atomic E-state index is 13.3. The number of hydrogen-bond acceptors (Lipinski definition) is 5. The molecule has 4 aromatic rings. The first-order valence-corrected chi connectivity index (χ1v) is 9.46. The van der Waals surface area contributed by atoms with Crippen LogP contribution >= 0.6 is 0 Å². The number of imidazole rings is 1. The Labute approximate surface area is 172 Å². The zero-order valence-corrected chi connectivity index (χ0v) is 16.0. The number of benzene rings is 3. The summed E-state index contributed by atoms with van der Waals surface area (Å²) in [5.74, 6) is -0.411. The van der Waals surface area contributed by atoms with E-state index in [1.54, 1.807) is 48.5 Å². The number of carbonyl (C=O) groups excluding carboxylic acids is 1. The van der Waals surface area contributed by atoms with Crippen LogP contribution in [0.25, 0.3) is 22.4 Å². The number of aliphatic hydroxyl groups is 3. The van der Waals surface area contributed by atoms with Gasteiger partial charge in [-0.3, -0.25) is 4.79 Å². The number of carbonyl (C=O) groups is 1. The van der Waals surface area contributed by atoms with Crippen LogP contribution in [-0.4, -0.2) is 37.7 Å². The van der Waals surface area contributed by atoms with Gasteiger partial charge in [0.25, 0.3) is 0 Å². The molecule has 0 aliphatic carbocycles. The molecule has 0 bridgehead atoms. The monoisotopic (exact) mass is 400 g/mol. The highest BCUT2D eigenvalue weighted by Gasteiger charge is 2.24. The Morgan fingerprint density at radius 3 is 2.37 bits per heavy atom. The standard InChI is InChI=1S/C24H20N2O4/c27-14-20(28)16-9-6-10-17(13-16)23(30)21(22(29)15-7-2-1-3-8-15)24-25-18-11-4-5-12-19(18)26-24/h1-13,20,27-28,30H,14H2,(H,25,26). The predicted molar refractivity (Wildman–Crippen MR) is 115 cm³/mol. The molecule has 4 rings (SSSR count). The number of aliphatic hydroxyl groups excluding tert-OH is 3. The molecular weight excluding hydrogens is 380 g/mol. The van der Waals surface area contributed by atoms with Gasteiger partial charge in [-0.15, -0.1) is 0 Å². The molecule has 0 spiro atoms. The molecule has 150 valence electrons. The van der Waals surface area contributed by atoms with E-state index in [2.05, 4.69) is 9.97 Å². The third-order valence-electron chi connectivity index (χ3n) is 4.84. The van der Waals surface area contributed by atoms with Gasteiger partial charge in [0.05, 0.1) is 17.6 Å². The number of aromatic amines is 1. The van der Waals surface area contributed by atoms with Gasteiger partial charge in [0.15, 0.2) is 0 Å². The van der Waals surface area contributed by atoms with Gasteiger partial charge in [0, 0.05) is 11.1 Å². The SMILES string of the molecule is O=C(C(=C(O)c1cccc(C(O)CO)c1)c1nc2ccccc2[nH]1)c1ccccc1. The molecule has 0 amide bonds. The molecule has 6 nitrogen and oxygen atoms in total. The Kier molecular flexibility index (Phi) is 5.43. The van der Waals surface area contributed by atoms with Crippen LogP contribution in [-0.2, 0) is 0 Å². The van der Waals surface area contributed by atoms with Gasteiger partial charge in [-0.05, 0) is 23.8 Å². The lowest BCUT2D eigenvalue weighted by Crippen LogP contribution is -2.08. The summed E-state index contributed by atoms with van der Waals surface area (Å²) in [6, 6.07) is 22.4. The minimum absolute atomic E-state index is 0.0213. The van der Waals surface area contributed by atoms with Gasteiger partial charge in [0.1, 0.15) is 23.3 Å². The molecule has 0 saturated heterocycles. The fourth-order valence-electron chi connectivity index (χ4n) is 3.28. The summed E-state index contributed by atoms with van der Waals surface area (Å²) in [5, 5.41) is 30.3. The number of fused-ring (bicyclic) bond motifs is 1. The summed E-state index contributed by atoms with van der Waals surface area (Å²) < 4.78 is 0. The number of rotatable bonds is 6. The Morgan fingerprint density at radius 2 is 1.63 bits per heavy atom. The van der Waals surface area contributed by atoms with Gasteiger partial charge < -0.3 is 20.3 Å². The van der Waals surface area contributed by atoms with Crippen LogP contribution in [0.2, 0.25) is 0 Å². The van der Waals surface area contributed by atoms with Crippen LogP contribution in [0.1, 0.15) is 33.4 Å². The summed E-state index contributed by atoms with van der Waals surface area (Å²) in [6.07, 6.45) is -1.09. The van der Waals surface area contributed by atoms with E-state index in [1.165, 1.54) is 6.07 Å². The van der Waals surface area contributed by atoms with E-state index in [0.29, 0.717) is 22.2 Å². The molecule has 0 fully saturated rings. The van der Waals surface area contributed by atoms with Gasteiger partial charge in [-0.25, -0.2) is 4.98 Å². The molecule has 1 heterocycles. The zero-order chi connectivity index (χ0) is 21.1. The van der Waals surface area contributed by atoms with Crippen LogP contribution in [0.3, 0.4) is 0 Å². The van der Waals surface area contributed by atoms with Crippen LogP contribution in [0.5, 0.6) is 0 Å². The molecule has 0 aliphatic heterocycles. The average Bonchev–Trinajstić information content (AvgIpc) is 3.22. The second-order valence-corrected chi connectivity index (χ2v) is 6.85. The predicted octanol–water partition coefficient (Wildman–Crippen LogP) is 3.90. The average molecular weight is 400 g/mol. The lowest BCUT2D eigenvalue weighted by molar-refractivity contribution is 0.0956. The Hall–Kier alpha value is -3.74. The summed E-state index contributed by atoms with van der Waals surface area (Å²) in [6.45, 7) is -0.451. The van der Waals surface area contributed by atoms with E-state index in [1.807, 2.05) is 24.3 Å². The van der Waals surface area contributed by atoms with E-state index in [9.17, 15) is 20.1 Å². The minimum Gasteiger partial charge on any atom is -0.506 e. The van der Waals surface area contributed by atoms with Crippen molar-refractivity contribution in [1.82, 2.24) is 9.97 Å². The number of para-hydroxylation sites is 2. The van der Waals surface area contributed by atoms with E-state index in [-0.39, 0.29) is 22.9 Å². The summed E-state index contributed by atoms with van der Waals surface area (Å²) in [4.78, 5) is 20.9.